The van der Waals surface area contributed by atoms with Gasteiger partial charge in [0, 0.05) is 12.2 Å². The summed E-state index contributed by atoms with van der Waals surface area (Å²) in [5.41, 5.74) is 5.08. The predicted octanol–water partition coefficient (Wildman–Crippen LogP) is -2.21. The number of carbonyl (C=O) groups is 4. The van der Waals surface area contributed by atoms with Crippen LogP contribution in [-0.2, 0) is 19.2 Å². The van der Waals surface area contributed by atoms with Gasteiger partial charge in [0.25, 0.3) is 0 Å². The molecule has 0 aliphatic rings. The van der Waals surface area contributed by atoms with Crippen molar-refractivity contribution in [2.75, 3.05) is 12.3 Å². The zero-order valence-corrected chi connectivity index (χ0v) is 11.4. The minimum Gasteiger partial charge on any atom is -0.481 e. The van der Waals surface area contributed by atoms with Crippen molar-refractivity contribution in [3.05, 3.63) is 0 Å². The molecule has 2 atom stereocenters. The highest BCUT2D eigenvalue weighted by molar-refractivity contribution is 7.80. The van der Waals surface area contributed by atoms with E-state index in [0.29, 0.717) is 0 Å². The van der Waals surface area contributed by atoms with E-state index in [1.807, 2.05) is 0 Å². The van der Waals surface area contributed by atoms with Crippen molar-refractivity contribution in [1.29, 1.82) is 0 Å². The number of nitrogens with two attached hydrogens (primary N) is 1. The van der Waals surface area contributed by atoms with Crippen LogP contribution in [0.5, 0.6) is 0 Å². The molecule has 0 unspecified atom stereocenters. The second-order valence-corrected chi connectivity index (χ2v) is 4.20. The molecule has 9 nitrogen and oxygen atoms in total. The minimum absolute atomic E-state index is 0.0527. The number of hydrogen-bond acceptors (Lipinski definition) is 6. The average molecular weight is 307 g/mol. The van der Waals surface area contributed by atoms with E-state index < -0.39 is 42.3 Å². The Bertz CT molecular complexity index is 389. The van der Waals surface area contributed by atoms with Crippen molar-refractivity contribution < 1.29 is 29.4 Å². The van der Waals surface area contributed by atoms with E-state index in [4.69, 9.17) is 15.9 Å². The van der Waals surface area contributed by atoms with Gasteiger partial charge in [-0.3, -0.25) is 14.4 Å². The smallest absolute Gasteiger partial charge is 0.326 e. The maximum absolute atomic E-state index is 11.8. The number of carboxylic acids is 2. The van der Waals surface area contributed by atoms with Gasteiger partial charge >= 0.3 is 11.9 Å². The summed E-state index contributed by atoms with van der Waals surface area (Å²) in [6.07, 6.45) is -0.668. The Morgan fingerprint density at radius 2 is 1.70 bits per heavy atom. The topological polar surface area (TPSA) is 159 Å². The van der Waals surface area contributed by atoms with E-state index in [2.05, 4.69) is 23.3 Å². The summed E-state index contributed by atoms with van der Waals surface area (Å²) in [6, 6.07) is -2.39. The normalized spacial score (nSPS) is 13.1. The van der Waals surface area contributed by atoms with E-state index in [1.54, 1.807) is 0 Å². The lowest BCUT2D eigenvalue weighted by Gasteiger charge is -2.19. The van der Waals surface area contributed by atoms with Crippen molar-refractivity contribution in [2.24, 2.45) is 5.73 Å². The van der Waals surface area contributed by atoms with Crippen molar-refractivity contribution in [3.63, 3.8) is 0 Å². The van der Waals surface area contributed by atoms with Crippen LogP contribution < -0.4 is 16.4 Å². The average Bonchev–Trinajstić information content (AvgIpc) is 2.39. The minimum atomic E-state index is -1.36. The largest absolute Gasteiger partial charge is 0.481 e. The summed E-state index contributed by atoms with van der Waals surface area (Å²) in [5, 5.41) is 21.8. The van der Waals surface area contributed by atoms with Crippen molar-refractivity contribution in [2.45, 2.75) is 24.9 Å². The lowest BCUT2D eigenvalue weighted by Crippen LogP contribution is -2.53. The standard InChI is InChI=1S/C10H17N3O6S/c11-3-7(14)12-6(4-20)9(17)13-5(10(18)19)1-2-8(15)16/h5-6,20H,1-4,11H2,(H,12,14)(H,13,17)(H,15,16)(H,18,19)/t5-,6-/m0/s1. The number of carbonyl (C=O) groups excluding carboxylic acids is 2. The Morgan fingerprint density at radius 1 is 1.10 bits per heavy atom. The molecule has 0 aromatic carbocycles. The van der Waals surface area contributed by atoms with Gasteiger partial charge < -0.3 is 26.6 Å². The fourth-order valence-corrected chi connectivity index (χ4v) is 1.50. The molecule has 0 saturated carbocycles. The number of amides is 2. The van der Waals surface area contributed by atoms with Gasteiger partial charge in [-0.15, -0.1) is 0 Å². The maximum Gasteiger partial charge on any atom is 0.326 e. The first-order valence-corrected chi connectivity index (χ1v) is 6.30. The van der Waals surface area contributed by atoms with Gasteiger partial charge in [0.15, 0.2) is 0 Å². The lowest BCUT2D eigenvalue weighted by atomic mass is 10.1. The maximum atomic E-state index is 11.8. The molecule has 114 valence electrons. The highest BCUT2D eigenvalue weighted by atomic mass is 32.1. The third-order valence-corrected chi connectivity index (χ3v) is 2.65. The van der Waals surface area contributed by atoms with Gasteiger partial charge in [-0.1, -0.05) is 0 Å². The molecule has 2 amide bonds. The van der Waals surface area contributed by atoms with Crippen LogP contribution >= 0.6 is 12.6 Å². The molecule has 0 rings (SSSR count). The molecule has 0 saturated heterocycles. The van der Waals surface area contributed by atoms with Crippen LogP contribution in [0.15, 0.2) is 0 Å². The van der Waals surface area contributed by atoms with E-state index in [9.17, 15) is 19.2 Å². The fraction of sp³-hybridized carbons (Fsp3) is 0.600. The highest BCUT2D eigenvalue weighted by Gasteiger charge is 2.25. The van der Waals surface area contributed by atoms with Gasteiger partial charge in [0.2, 0.25) is 11.8 Å². The van der Waals surface area contributed by atoms with E-state index in [1.165, 1.54) is 0 Å². The summed E-state index contributed by atoms with van der Waals surface area (Å²) in [5.74, 6) is -3.94. The quantitative estimate of drug-likeness (QED) is 0.263. The van der Waals surface area contributed by atoms with Crippen molar-refractivity contribution >= 4 is 36.4 Å². The number of carboxylic acid groups (broad SMARTS) is 2. The molecule has 0 bridgehead atoms. The number of hydrogen-bond donors (Lipinski definition) is 6. The first-order chi connectivity index (χ1) is 9.31. The van der Waals surface area contributed by atoms with Gasteiger partial charge in [-0.25, -0.2) is 4.79 Å². The van der Waals surface area contributed by atoms with Gasteiger partial charge in [-0.05, 0) is 6.42 Å². The Balaban J connectivity index is 4.59. The van der Waals surface area contributed by atoms with Crippen LogP contribution in [0, 0.1) is 0 Å². The third-order valence-electron chi connectivity index (χ3n) is 2.28. The SMILES string of the molecule is NCC(=O)N[C@@H](CS)C(=O)N[C@@H](CCC(=O)O)C(=O)O. The Morgan fingerprint density at radius 3 is 2.10 bits per heavy atom. The molecular weight excluding hydrogens is 290 g/mol. The summed E-state index contributed by atoms with van der Waals surface area (Å²) < 4.78 is 0. The monoisotopic (exact) mass is 307 g/mol. The molecule has 0 aromatic heterocycles. The molecule has 0 aliphatic heterocycles. The first-order valence-electron chi connectivity index (χ1n) is 5.67. The second kappa shape index (κ2) is 9.15. The molecule has 0 spiro atoms. The van der Waals surface area contributed by atoms with Crippen LogP contribution in [0.3, 0.4) is 0 Å². The molecular formula is C10H17N3O6S. The molecule has 20 heavy (non-hydrogen) atoms. The van der Waals surface area contributed by atoms with Gasteiger partial charge in [0.05, 0.1) is 6.54 Å². The van der Waals surface area contributed by atoms with Crippen LogP contribution in [0.4, 0.5) is 0 Å². The second-order valence-electron chi connectivity index (χ2n) is 3.84. The summed E-state index contributed by atoms with van der Waals surface area (Å²) in [4.78, 5) is 44.1. The molecule has 0 aromatic rings. The van der Waals surface area contributed by atoms with Crippen molar-refractivity contribution in [1.82, 2.24) is 10.6 Å². The molecule has 0 radical (unpaired) electrons. The highest BCUT2D eigenvalue weighted by Crippen LogP contribution is 2.00. The fourth-order valence-electron chi connectivity index (χ4n) is 1.24. The Labute approximate surface area is 120 Å². The van der Waals surface area contributed by atoms with Crippen LogP contribution in [-0.4, -0.2) is 58.3 Å². The number of rotatable bonds is 9. The summed E-state index contributed by atoms with van der Waals surface area (Å²) in [6.45, 7) is -0.321. The first kappa shape index (κ1) is 18.2. The summed E-state index contributed by atoms with van der Waals surface area (Å²) in [7, 11) is 0. The van der Waals surface area contributed by atoms with E-state index >= 15 is 0 Å². The Kier molecular flexibility index (Phi) is 8.32. The third kappa shape index (κ3) is 6.95. The predicted molar refractivity (Wildman–Crippen MR) is 71.3 cm³/mol. The molecule has 6 N–H and O–H groups in total. The molecule has 0 heterocycles. The zero-order chi connectivity index (χ0) is 15.7. The van der Waals surface area contributed by atoms with E-state index in [0.717, 1.165) is 0 Å². The summed E-state index contributed by atoms with van der Waals surface area (Å²) >= 11 is 3.87. The van der Waals surface area contributed by atoms with Gasteiger partial charge in [-0.2, -0.15) is 12.6 Å². The molecule has 0 aliphatic carbocycles. The number of nitrogens with one attached hydrogen (secondary N) is 2. The van der Waals surface area contributed by atoms with Gasteiger partial charge in [0.1, 0.15) is 12.1 Å². The van der Waals surface area contributed by atoms with E-state index in [-0.39, 0.29) is 18.7 Å². The molecule has 10 heteroatoms. The van der Waals surface area contributed by atoms with Crippen LogP contribution in [0.1, 0.15) is 12.8 Å². The number of aliphatic carboxylic acids is 2. The van der Waals surface area contributed by atoms with Crippen LogP contribution in [0.25, 0.3) is 0 Å². The number of thiol groups is 1. The zero-order valence-electron chi connectivity index (χ0n) is 10.5. The molecule has 0 fully saturated rings. The lowest BCUT2D eigenvalue weighted by molar-refractivity contribution is -0.143. The van der Waals surface area contributed by atoms with Crippen molar-refractivity contribution in [3.8, 4) is 0 Å². The van der Waals surface area contributed by atoms with Crippen LogP contribution in [0.2, 0.25) is 0 Å². The Hall–Kier alpha value is -1.81.